The van der Waals surface area contributed by atoms with Crippen molar-refractivity contribution in [1.82, 2.24) is 20.9 Å². The zero-order chi connectivity index (χ0) is 43.0. The first kappa shape index (κ1) is 42.3. The van der Waals surface area contributed by atoms with Crippen LogP contribution in [0.5, 0.6) is 11.5 Å². The van der Waals surface area contributed by atoms with Crippen molar-refractivity contribution in [2.75, 3.05) is 26.3 Å². The van der Waals surface area contributed by atoms with Gasteiger partial charge < -0.3 is 25.4 Å². The van der Waals surface area contributed by atoms with Crippen molar-refractivity contribution in [3.8, 4) is 11.5 Å². The number of benzene rings is 4. The zero-order valence-electron chi connectivity index (χ0n) is 37.7. The average molecular weight is 849 g/mol. The molecule has 63 heavy (non-hydrogen) atoms. The molecule has 3 N–H and O–H groups in total. The predicted octanol–water partition coefficient (Wildman–Crippen LogP) is 9.40. The minimum absolute atomic E-state index is 0.000699. The summed E-state index contributed by atoms with van der Waals surface area (Å²) in [7, 11) is 0. The van der Waals surface area contributed by atoms with E-state index in [1.165, 1.54) is 91.3 Å². The maximum absolute atomic E-state index is 13.1. The van der Waals surface area contributed by atoms with Crippen LogP contribution in [0.2, 0.25) is 0 Å². The van der Waals surface area contributed by atoms with Gasteiger partial charge in [-0.15, -0.1) is 0 Å². The summed E-state index contributed by atoms with van der Waals surface area (Å²) >= 11 is 0. The molecule has 3 saturated carbocycles. The van der Waals surface area contributed by atoms with E-state index in [1.54, 1.807) is 0 Å². The van der Waals surface area contributed by atoms with Gasteiger partial charge in [0.25, 0.3) is 11.8 Å². The lowest BCUT2D eigenvalue weighted by Crippen LogP contribution is -2.70. The third kappa shape index (κ3) is 10.3. The van der Waals surface area contributed by atoms with Crippen molar-refractivity contribution in [2.45, 2.75) is 135 Å². The number of carbonyl (C=O) groups is 2. The summed E-state index contributed by atoms with van der Waals surface area (Å²) < 4.78 is 11.7. The van der Waals surface area contributed by atoms with Gasteiger partial charge in [0, 0.05) is 55.4 Å². The van der Waals surface area contributed by atoms with Gasteiger partial charge in [0.1, 0.15) is 11.5 Å². The lowest BCUT2D eigenvalue weighted by Gasteiger charge is -2.66. The molecule has 4 aromatic carbocycles. The molecule has 4 atom stereocenters. The van der Waals surface area contributed by atoms with Gasteiger partial charge in [-0.25, -0.2) is 0 Å². The molecule has 332 valence electrons. The lowest BCUT2D eigenvalue weighted by molar-refractivity contribution is -0.163. The molecule has 0 spiro atoms. The van der Waals surface area contributed by atoms with Crippen LogP contribution in [-0.2, 0) is 38.8 Å². The van der Waals surface area contributed by atoms with E-state index >= 15 is 0 Å². The van der Waals surface area contributed by atoms with Crippen molar-refractivity contribution >= 4 is 11.8 Å². The quantitative estimate of drug-likeness (QED) is 0.0872. The number of aryl methyl sites for hydroxylation is 2. The molecule has 5 aliphatic carbocycles. The Hall–Kier alpha value is -4.66. The van der Waals surface area contributed by atoms with E-state index in [2.05, 4.69) is 71.1 Å². The number of piperidine rings is 1. The number of hydrogen-bond acceptors (Lipinski definition) is 6. The number of rotatable bonds is 19. The summed E-state index contributed by atoms with van der Waals surface area (Å²) in [5.41, 5.74) is 10.6. The Morgan fingerprint density at radius 3 is 1.71 bits per heavy atom. The van der Waals surface area contributed by atoms with Crippen LogP contribution in [0.4, 0.5) is 0 Å². The van der Waals surface area contributed by atoms with Crippen LogP contribution in [0.1, 0.15) is 132 Å². The number of carbonyl (C=O) groups excluding carboxylic acids is 2. The zero-order valence-corrected chi connectivity index (χ0v) is 37.7. The van der Waals surface area contributed by atoms with Crippen molar-refractivity contribution in [3.63, 3.8) is 0 Å². The topological polar surface area (TPSA) is 91.9 Å². The van der Waals surface area contributed by atoms with E-state index < -0.39 is 0 Å². The van der Waals surface area contributed by atoms with Gasteiger partial charge >= 0.3 is 0 Å². The molecule has 0 bridgehead atoms. The monoisotopic (exact) mass is 849 g/mol. The second kappa shape index (κ2) is 18.1. The van der Waals surface area contributed by atoms with Gasteiger partial charge in [0.2, 0.25) is 0 Å². The molecule has 0 aromatic heterocycles. The third-order valence-electron chi connectivity index (χ3n) is 15.5. The van der Waals surface area contributed by atoms with Gasteiger partial charge in [-0.05, 0) is 194 Å². The molecule has 2 amide bonds. The second-order valence-electron chi connectivity index (χ2n) is 21.2. The molecule has 1 aliphatic heterocycles. The molecular weight excluding hydrogens is 781 g/mol. The number of hydrogen-bond donors (Lipinski definition) is 3. The number of amides is 2. The minimum atomic E-state index is 0.000699. The number of likely N-dealkylation sites (tertiary alicyclic amines) is 1. The molecule has 6 aliphatic rings. The summed E-state index contributed by atoms with van der Waals surface area (Å²) in [5.74, 6) is 3.13. The van der Waals surface area contributed by atoms with Crippen molar-refractivity contribution in [3.05, 3.63) is 129 Å². The van der Waals surface area contributed by atoms with E-state index in [4.69, 9.17) is 9.47 Å². The molecule has 1 saturated heterocycles. The average Bonchev–Trinajstić information content (AvgIpc) is 4.23. The van der Waals surface area contributed by atoms with Crippen molar-refractivity contribution < 1.29 is 19.1 Å². The van der Waals surface area contributed by atoms with Crippen LogP contribution in [0.3, 0.4) is 0 Å². The molecule has 10 rings (SSSR count). The summed E-state index contributed by atoms with van der Waals surface area (Å²) in [6.07, 6.45) is 16.1. The number of nitrogens with one attached hydrogen (secondary N) is 3. The molecule has 4 unspecified atom stereocenters. The first-order chi connectivity index (χ1) is 30.6. The SMILES string of the molecule is CC(C)(CCC12CCC1N(Cc1ccc3c(c1)CCC(NC(=O)c1ccc(OCC4CC4)cc1)C3)C2)CNCc1ccc2c(c1)CCC(NC(=O)c1ccc(OCC3CC3)cc1)C2. The van der Waals surface area contributed by atoms with Crippen LogP contribution in [0.25, 0.3) is 0 Å². The Morgan fingerprint density at radius 1 is 0.667 bits per heavy atom. The molecule has 8 nitrogen and oxygen atoms in total. The Kier molecular flexibility index (Phi) is 12.1. The Labute approximate surface area is 375 Å². The largest absolute Gasteiger partial charge is 0.493 e. The standard InChI is InChI=1S/C55H68N4O4/c1-54(2,35-56-31-39-7-9-45-29-47(17-11-43(45)27-39)57-52(60)41-13-19-49(20-14-41)62-33-37-3-4-37)25-26-55-24-23-51(55)59(36-55)32-40-8-10-46-30-48(18-12-44(46)28-40)58-53(61)42-15-21-50(22-16-42)63-34-38-5-6-38/h7-10,13-16,19-22,27-28,37-38,47-48,51,56H,3-6,11-12,17-18,23-26,29-36H2,1-2H3,(H,57,60)(H,58,61). The Balaban J connectivity index is 0.630. The highest BCUT2D eigenvalue weighted by atomic mass is 16.5. The highest BCUT2D eigenvalue weighted by Crippen LogP contribution is 2.57. The van der Waals surface area contributed by atoms with Crippen LogP contribution >= 0.6 is 0 Å². The van der Waals surface area contributed by atoms with Crippen molar-refractivity contribution in [2.24, 2.45) is 22.7 Å². The fourth-order valence-corrected chi connectivity index (χ4v) is 10.8. The molecule has 8 heteroatoms. The highest BCUT2D eigenvalue weighted by Gasteiger charge is 2.58. The maximum atomic E-state index is 13.1. The van der Waals surface area contributed by atoms with Gasteiger partial charge in [0.15, 0.2) is 0 Å². The van der Waals surface area contributed by atoms with Gasteiger partial charge in [-0.3, -0.25) is 14.5 Å². The van der Waals surface area contributed by atoms with E-state index in [0.717, 1.165) is 88.9 Å². The molecule has 0 radical (unpaired) electrons. The fourth-order valence-electron chi connectivity index (χ4n) is 10.8. The van der Waals surface area contributed by atoms with E-state index in [0.29, 0.717) is 28.4 Å². The van der Waals surface area contributed by atoms with E-state index in [9.17, 15) is 9.59 Å². The number of nitrogens with zero attached hydrogens (tertiary/aromatic N) is 1. The summed E-state index contributed by atoms with van der Waals surface area (Å²) in [6.45, 7) is 10.6. The smallest absolute Gasteiger partial charge is 0.251 e. The summed E-state index contributed by atoms with van der Waals surface area (Å²) in [5, 5.41) is 10.4. The first-order valence-corrected chi connectivity index (χ1v) is 24.4. The fraction of sp³-hybridized carbons (Fsp3) is 0.527. The van der Waals surface area contributed by atoms with Crippen LogP contribution in [-0.4, -0.2) is 61.1 Å². The van der Waals surface area contributed by atoms with Gasteiger partial charge in [-0.1, -0.05) is 50.2 Å². The molecular formula is C55H68N4O4. The van der Waals surface area contributed by atoms with Gasteiger partial charge in [0.05, 0.1) is 13.2 Å². The van der Waals surface area contributed by atoms with E-state index in [-0.39, 0.29) is 29.3 Å². The molecule has 1 heterocycles. The molecule has 4 fully saturated rings. The Morgan fingerprint density at radius 2 is 1.21 bits per heavy atom. The van der Waals surface area contributed by atoms with Crippen LogP contribution in [0, 0.1) is 22.7 Å². The Bertz CT molecular complexity index is 2260. The first-order valence-electron chi connectivity index (χ1n) is 24.4. The third-order valence-corrected chi connectivity index (χ3v) is 15.5. The normalized spacial score (nSPS) is 23.9. The van der Waals surface area contributed by atoms with Crippen LogP contribution in [0.15, 0.2) is 84.9 Å². The van der Waals surface area contributed by atoms with E-state index in [1.807, 2.05) is 48.5 Å². The van der Waals surface area contributed by atoms with Crippen molar-refractivity contribution in [1.29, 1.82) is 0 Å². The second-order valence-corrected chi connectivity index (χ2v) is 21.2. The summed E-state index contributed by atoms with van der Waals surface area (Å²) in [4.78, 5) is 28.8. The maximum Gasteiger partial charge on any atom is 0.251 e. The minimum Gasteiger partial charge on any atom is -0.493 e. The lowest BCUT2D eigenvalue weighted by atomic mass is 9.54. The molecule has 4 aromatic rings. The predicted molar refractivity (Wildman–Crippen MR) is 249 cm³/mol. The number of fused-ring (bicyclic) bond motifs is 3. The highest BCUT2D eigenvalue weighted by molar-refractivity contribution is 5.95. The summed E-state index contributed by atoms with van der Waals surface area (Å²) in [6, 6.07) is 30.3. The van der Waals surface area contributed by atoms with Crippen LogP contribution < -0.4 is 25.4 Å². The number of ether oxygens (including phenoxy) is 2. The van der Waals surface area contributed by atoms with Gasteiger partial charge in [-0.2, -0.15) is 0 Å².